The van der Waals surface area contributed by atoms with E-state index in [1.54, 1.807) is 30.3 Å². The molecule has 2 bridgehead atoms. The Hall–Kier alpha value is -3.34. The first kappa shape index (κ1) is 26.9. The maximum atomic E-state index is 13.1. The minimum atomic E-state index is -1.82. The molecule has 2 aliphatic heterocycles. The van der Waals surface area contributed by atoms with Crippen molar-refractivity contribution in [1.29, 1.82) is 0 Å². The second-order valence-corrected chi connectivity index (χ2v) is 12.0. The number of aliphatic hydroxyl groups is 1. The molecule has 7 rings (SSSR count). The van der Waals surface area contributed by atoms with E-state index in [9.17, 15) is 15.0 Å². The second kappa shape index (κ2) is 9.64. The van der Waals surface area contributed by atoms with Gasteiger partial charge in [0, 0.05) is 28.7 Å². The third-order valence-electron chi connectivity index (χ3n) is 9.37. The van der Waals surface area contributed by atoms with Crippen LogP contribution in [-0.4, -0.2) is 80.1 Å². The van der Waals surface area contributed by atoms with Gasteiger partial charge in [-0.05, 0) is 86.9 Å². The molecule has 3 aliphatic carbocycles. The summed E-state index contributed by atoms with van der Waals surface area (Å²) >= 11 is 6.00. The van der Waals surface area contributed by atoms with E-state index in [1.165, 1.54) is 12.8 Å². The van der Waals surface area contributed by atoms with Crippen LogP contribution in [-0.2, 0) is 21.4 Å². The monoisotopic (exact) mass is 570 g/mol. The van der Waals surface area contributed by atoms with Gasteiger partial charge in [0.25, 0.3) is 5.91 Å². The smallest absolute Gasteiger partial charge is 0.414 e. The lowest BCUT2D eigenvalue weighted by Gasteiger charge is -2.64. The number of benzene rings is 2. The van der Waals surface area contributed by atoms with Crippen LogP contribution in [0.5, 0.6) is 11.5 Å². The topological polar surface area (TPSA) is 157 Å². The second-order valence-electron chi connectivity index (χ2n) is 11.5. The quantitative estimate of drug-likeness (QED) is 0.348. The zero-order chi connectivity index (χ0) is 28.4. The number of phenols is 1. The Morgan fingerprint density at radius 1 is 1.02 bits per heavy atom. The molecular weight excluding hydrogens is 540 g/mol. The number of likely N-dealkylation sites (tertiary alicyclic amines) is 1. The Morgan fingerprint density at radius 3 is 2.38 bits per heavy atom. The fourth-order valence-electron chi connectivity index (χ4n) is 7.48. The molecule has 3 fully saturated rings. The number of phenolic OH excluding ortho intramolecular Hbond substituents is 1. The molecule has 10 nitrogen and oxygen atoms in total. The van der Waals surface area contributed by atoms with E-state index in [4.69, 9.17) is 36.1 Å². The lowest BCUT2D eigenvalue weighted by molar-refractivity contribution is -0.191. The summed E-state index contributed by atoms with van der Waals surface area (Å²) in [6, 6.07) is 10.3. The molecule has 212 valence electrons. The number of piperidine rings is 1. The number of carbonyl (C=O) groups excluding carboxylic acids is 1. The number of carboxylic acids is 2. The van der Waals surface area contributed by atoms with Gasteiger partial charge in [-0.15, -0.1) is 0 Å². The standard InChI is InChI=1S/C27H29ClN2O4.C2H2O4/c28-18-6-3-16(4-7-18)25(32)29-19-9-10-27(33)21-13-17-5-8-20(31)23-22(17)26(27,24(19)34-23)11-12-30(21)14-15-1-2-15;3-1(4)2(5)6/h3-8,15,19,21,24,31,33H,1-2,9-14H2,(H,29,32);(H,3,4)(H,5,6)/t19-,21-,24+,26+,27-;/m1./s1. The SMILES string of the molecule is O=C(N[C@@H]1CC[C@@]2(O)[C@H]3Cc4ccc(O)c5c4[C@@]2(CCN3CC2CC2)[C@H]1O5)c1ccc(Cl)cc1.O=C(O)C(=O)O. The van der Waals surface area contributed by atoms with E-state index >= 15 is 0 Å². The van der Waals surface area contributed by atoms with Crippen molar-refractivity contribution in [3.63, 3.8) is 0 Å². The highest BCUT2D eigenvalue weighted by molar-refractivity contribution is 6.30. The van der Waals surface area contributed by atoms with Gasteiger partial charge >= 0.3 is 11.9 Å². The zero-order valence-corrected chi connectivity index (χ0v) is 22.4. The van der Waals surface area contributed by atoms with Gasteiger partial charge < -0.3 is 30.5 Å². The van der Waals surface area contributed by atoms with E-state index in [-0.39, 0.29) is 23.7 Å². The lowest BCUT2D eigenvalue weighted by atomic mass is 9.48. The number of aromatic hydroxyl groups is 1. The van der Waals surface area contributed by atoms with Gasteiger partial charge in [-0.3, -0.25) is 9.69 Å². The van der Waals surface area contributed by atoms with Gasteiger partial charge in [0.05, 0.1) is 17.1 Å². The van der Waals surface area contributed by atoms with Crippen molar-refractivity contribution in [2.75, 3.05) is 13.1 Å². The first-order chi connectivity index (χ1) is 19.0. The maximum absolute atomic E-state index is 13.1. The number of amides is 1. The van der Waals surface area contributed by atoms with Crippen LogP contribution in [0.1, 0.15) is 53.6 Å². The number of hydrogen-bond donors (Lipinski definition) is 5. The normalized spacial score (nSPS) is 31.2. The number of carboxylic acid groups (broad SMARTS) is 2. The predicted molar refractivity (Wildman–Crippen MR) is 143 cm³/mol. The third kappa shape index (κ3) is 4.12. The zero-order valence-electron chi connectivity index (χ0n) is 21.7. The Kier molecular flexibility index (Phi) is 6.47. The van der Waals surface area contributed by atoms with Crippen LogP contribution in [0.15, 0.2) is 36.4 Å². The van der Waals surface area contributed by atoms with Gasteiger partial charge in [-0.2, -0.15) is 0 Å². The number of nitrogens with zero attached hydrogens (tertiary/aromatic N) is 1. The lowest BCUT2D eigenvalue weighted by Crippen LogP contribution is -2.78. The Morgan fingerprint density at radius 2 is 1.73 bits per heavy atom. The molecule has 11 heteroatoms. The fourth-order valence-corrected chi connectivity index (χ4v) is 7.61. The van der Waals surface area contributed by atoms with E-state index in [0.29, 0.717) is 29.2 Å². The largest absolute Gasteiger partial charge is 0.504 e. The molecular formula is C29H31ClN2O8. The molecule has 2 heterocycles. The maximum Gasteiger partial charge on any atom is 0.414 e. The first-order valence-electron chi connectivity index (χ1n) is 13.6. The molecule has 5 atom stereocenters. The van der Waals surface area contributed by atoms with Crippen LogP contribution in [0.4, 0.5) is 0 Å². The molecule has 0 aromatic heterocycles. The molecule has 1 amide bonds. The number of nitrogens with one attached hydrogen (secondary N) is 1. The van der Waals surface area contributed by atoms with E-state index in [2.05, 4.69) is 10.2 Å². The summed E-state index contributed by atoms with van der Waals surface area (Å²) in [6.07, 6.45) is 4.89. The van der Waals surface area contributed by atoms with Gasteiger partial charge in [0.2, 0.25) is 0 Å². The molecule has 5 aliphatic rings. The van der Waals surface area contributed by atoms with Gasteiger partial charge in [0.1, 0.15) is 6.10 Å². The van der Waals surface area contributed by atoms with Gasteiger partial charge in [-0.1, -0.05) is 17.7 Å². The van der Waals surface area contributed by atoms with E-state index in [0.717, 1.165) is 43.0 Å². The summed E-state index contributed by atoms with van der Waals surface area (Å²) in [7, 11) is 0. The fraction of sp³-hybridized carbons (Fsp3) is 0.483. The highest BCUT2D eigenvalue weighted by Crippen LogP contribution is 2.65. The highest BCUT2D eigenvalue weighted by atomic mass is 35.5. The van der Waals surface area contributed by atoms with Crippen molar-refractivity contribution in [2.45, 2.75) is 67.7 Å². The van der Waals surface area contributed by atoms with Crippen LogP contribution in [0.25, 0.3) is 0 Å². The summed E-state index contributed by atoms with van der Waals surface area (Å²) in [5.41, 5.74) is 1.11. The van der Waals surface area contributed by atoms with Crippen LogP contribution < -0.4 is 10.1 Å². The number of aliphatic carboxylic acids is 2. The van der Waals surface area contributed by atoms with E-state index < -0.39 is 29.1 Å². The molecule has 1 saturated heterocycles. The first-order valence-corrected chi connectivity index (χ1v) is 13.9. The van der Waals surface area contributed by atoms with Crippen LogP contribution in [0.2, 0.25) is 5.02 Å². The molecule has 40 heavy (non-hydrogen) atoms. The van der Waals surface area contributed by atoms with Crippen molar-refractivity contribution in [3.8, 4) is 11.5 Å². The molecule has 2 aromatic rings. The molecule has 2 saturated carbocycles. The predicted octanol–water partition coefficient (Wildman–Crippen LogP) is 2.56. The number of carbonyl (C=O) groups is 3. The van der Waals surface area contributed by atoms with Crippen LogP contribution >= 0.6 is 11.6 Å². The van der Waals surface area contributed by atoms with Crippen molar-refractivity contribution in [2.24, 2.45) is 5.92 Å². The number of ether oxygens (including phenoxy) is 1. The summed E-state index contributed by atoms with van der Waals surface area (Å²) in [5, 5.41) is 41.8. The summed E-state index contributed by atoms with van der Waals surface area (Å²) in [4.78, 5) is 33.8. The van der Waals surface area contributed by atoms with Crippen molar-refractivity contribution in [3.05, 3.63) is 58.1 Å². The van der Waals surface area contributed by atoms with E-state index in [1.807, 2.05) is 6.07 Å². The van der Waals surface area contributed by atoms with Crippen LogP contribution in [0, 0.1) is 5.92 Å². The third-order valence-corrected chi connectivity index (χ3v) is 9.62. The average Bonchev–Trinajstić information content (AvgIpc) is 3.66. The summed E-state index contributed by atoms with van der Waals surface area (Å²) in [6.45, 7) is 1.95. The van der Waals surface area contributed by atoms with Gasteiger partial charge in [-0.25, -0.2) is 9.59 Å². The number of hydrogen-bond acceptors (Lipinski definition) is 7. The molecule has 0 radical (unpaired) electrons. The molecule has 1 spiro atoms. The van der Waals surface area contributed by atoms with Crippen molar-refractivity contribution < 1.29 is 39.5 Å². The number of rotatable bonds is 4. The molecule has 0 unspecified atom stereocenters. The minimum absolute atomic E-state index is 0.0314. The van der Waals surface area contributed by atoms with Crippen molar-refractivity contribution >= 4 is 29.4 Å². The van der Waals surface area contributed by atoms with Crippen LogP contribution in [0.3, 0.4) is 0 Å². The average molecular weight is 571 g/mol. The van der Waals surface area contributed by atoms with Gasteiger partial charge in [0.15, 0.2) is 11.5 Å². The minimum Gasteiger partial charge on any atom is -0.504 e. The van der Waals surface area contributed by atoms with Crippen molar-refractivity contribution in [1.82, 2.24) is 10.2 Å². The Balaban J connectivity index is 0.000000438. The highest BCUT2D eigenvalue weighted by Gasteiger charge is 2.73. The summed E-state index contributed by atoms with van der Waals surface area (Å²) < 4.78 is 6.51. The number of halogens is 1. The Bertz CT molecular complexity index is 1370. The molecule has 2 aromatic carbocycles. The molecule has 5 N–H and O–H groups in total. The summed E-state index contributed by atoms with van der Waals surface area (Å²) in [5.74, 6) is -2.45. The Labute approximate surface area is 235 Å².